The van der Waals surface area contributed by atoms with Gasteiger partial charge in [-0.2, -0.15) is 31.8 Å². The quantitative estimate of drug-likeness (QED) is 0.410. The molecule has 0 bridgehead atoms. The van der Waals surface area contributed by atoms with Gasteiger partial charge < -0.3 is 15.0 Å². The van der Waals surface area contributed by atoms with Crippen molar-refractivity contribution in [2.24, 2.45) is 10.2 Å². The van der Waals surface area contributed by atoms with Crippen LogP contribution in [0.15, 0.2) is 33.3 Å². The van der Waals surface area contributed by atoms with Gasteiger partial charge in [0, 0.05) is 0 Å². The highest BCUT2D eigenvalue weighted by Crippen LogP contribution is 2.35. The first-order chi connectivity index (χ1) is 12.3. The molecule has 1 aromatic rings. The van der Waals surface area contributed by atoms with Crippen LogP contribution in [-0.4, -0.2) is 36.1 Å². The Morgan fingerprint density at radius 3 is 2.07 bits per heavy atom. The first kappa shape index (κ1) is 24.5. The number of hydrogen-bond donors (Lipinski definition) is 2. The molecule has 0 fully saturated rings. The largest absolute Gasteiger partial charge is 0.547 e. The van der Waals surface area contributed by atoms with Crippen LogP contribution in [-0.2, 0) is 25.9 Å². The minimum Gasteiger partial charge on any atom is -0.547 e. The normalized spacial score (nSPS) is 13.0. The van der Waals surface area contributed by atoms with Crippen molar-refractivity contribution in [1.82, 2.24) is 0 Å². The van der Waals surface area contributed by atoms with Crippen molar-refractivity contribution in [3.8, 4) is 0 Å². The van der Waals surface area contributed by atoms with E-state index in [2.05, 4.69) is 24.1 Å². The standard InChI is InChI=1S/C10H7F3N2O7S.C4H10/c11-10(12,13)4-1-2-6(23(20,21)22)5(3-4)14-15-7(8(16)17)9(18)19;1-3-4-2/h1-3,7H,(H,16,17)(H,18,19)(H,20,21,22);3-4H2,1-2H3/p-1. The van der Waals surface area contributed by atoms with Crippen LogP contribution in [0.3, 0.4) is 0 Å². The zero-order chi connectivity index (χ0) is 21.4. The fraction of sp³-hybridized carbons (Fsp3) is 0.429. The smallest absolute Gasteiger partial charge is 0.416 e. The molecule has 0 radical (unpaired) electrons. The van der Waals surface area contributed by atoms with Gasteiger partial charge in [0.1, 0.15) is 10.6 Å². The predicted molar refractivity (Wildman–Crippen MR) is 82.8 cm³/mol. The Kier molecular flexibility index (Phi) is 9.03. The van der Waals surface area contributed by atoms with Crippen LogP contribution >= 0.6 is 0 Å². The Morgan fingerprint density at radius 1 is 1.22 bits per heavy atom. The maximum Gasteiger partial charge on any atom is 0.416 e. The highest BCUT2D eigenvalue weighted by molar-refractivity contribution is 7.86. The minimum atomic E-state index is -5.02. The number of carbonyl (C=O) groups excluding carboxylic acids is 1. The maximum absolute atomic E-state index is 12.6. The number of benzene rings is 1. The average Bonchev–Trinajstić information content (AvgIpc) is 2.52. The summed E-state index contributed by atoms with van der Waals surface area (Å²) in [5, 5.41) is 24.6. The number of carboxylic acid groups (broad SMARTS) is 2. The summed E-state index contributed by atoms with van der Waals surface area (Å²) in [6.07, 6.45) is -2.26. The van der Waals surface area contributed by atoms with Gasteiger partial charge in [0.15, 0.2) is 0 Å². The minimum absolute atomic E-state index is 0.154. The summed E-state index contributed by atoms with van der Waals surface area (Å²) in [7, 11) is -5.02. The molecule has 9 nitrogen and oxygen atoms in total. The number of unbranched alkanes of at least 4 members (excludes halogenated alkanes) is 1. The number of rotatable bonds is 6. The number of hydrogen-bond acceptors (Lipinski definition) is 7. The summed E-state index contributed by atoms with van der Waals surface area (Å²) in [6, 6.07) is -1.73. The number of carbonyl (C=O) groups is 2. The maximum atomic E-state index is 12.6. The lowest BCUT2D eigenvalue weighted by atomic mass is 10.2. The van der Waals surface area contributed by atoms with Crippen LogP contribution in [0.2, 0.25) is 0 Å². The lowest BCUT2D eigenvalue weighted by molar-refractivity contribution is -0.306. The van der Waals surface area contributed by atoms with Gasteiger partial charge in [-0.05, 0) is 18.2 Å². The van der Waals surface area contributed by atoms with Crippen LogP contribution in [0.4, 0.5) is 18.9 Å². The van der Waals surface area contributed by atoms with Gasteiger partial charge >= 0.3 is 12.1 Å². The first-order valence-electron chi connectivity index (χ1n) is 7.28. The molecule has 0 heterocycles. The highest BCUT2D eigenvalue weighted by atomic mass is 32.2. The summed E-state index contributed by atoms with van der Waals surface area (Å²) in [4.78, 5) is 19.9. The second kappa shape index (κ2) is 9.97. The zero-order valence-corrected chi connectivity index (χ0v) is 14.9. The third-order valence-electron chi connectivity index (χ3n) is 2.80. The molecule has 0 aliphatic rings. The van der Waals surface area contributed by atoms with Gasteiger partial charge in [0.2, 0.25) is 6.04 Å². The van der Waals surface area contributed by atoms with Crippen molar-refractivity contribution in [3.63, 3.8) is 0 Å². The van der Waals surface area contributed by atoms with E-state index in [1.807, 2.05) is 0 Å². The molecular weight excluding hydrogens is 397 g/mol. The van der Waals surface area contributed by atoms with E-state index < -0.39 is 50.4 Å². The molecular formula is C14H16F3N2O7S-. The number of halogens is 3. The molecule has 1 atom stereocenters. The number of azo groups is 1. The Bertz CT molecular complexity index is 791. The number of nitrogens with zero attached hydrogens (tertiary/aromatic N) is 2. The van der Waals surface area contributed by atoms with E-state index in [0.717, 1.165) is 0 Å². The monoisotopic (exact) mass is 413 g/mol. The Hall–Kier alpha value is -2.54. The molecule has 0 aliphatic heterocycles. The first-order valence-corrected chi connectivity index (χ1v) is 8.72. The van der Waals surface area contributed by atoms with Gasteiger partial charge in [0.05, 0.1) is 11.5 Å². The fourth-order valence-electron chi connectivity index (χ4n) is 1.31. The predicted octanol–water partition coefficient (Wildman–Crippen LogP) is 2.05. The third kappa shape index (κ3) is 8.13. The molecule has 2 N–H and O–H groups in total. The summed E-state index contributed by atoms with van der Waals surface area (Å²) >= 11 is 0. The van der Waals surface area contributed by atoms with E-state index in [4.69, 9.17) is 9.66 Å². The van der Waals surface area contributed by atoms with E-state index >= 15 is 0 Å². The number of alkyl halides is 3. The molecule has 27 heavy (non-hydrogen) atoms. The van der Waals surface area contributed by atoms with E-state index in [9.17, 15) is 36.3 Å². The lowest BCUT2D eigenvalue weighted by Crippen LogP contribution is -2.39. The van der Waals surface area contributed by atoms with Gasteiger partial charge in [-0.3, -0.25) is 4.55 Å². The van der Waals surface area contributed by atoms with Crippen LogP contribution in [0, 0.1) is 0 Å². The topological polar surface area (TPSA) is 157 Å². The zero-order valence-electron chi connectivity index (χ0n) is 14.1. The number of carboxylic acids is 2. The van der Waals surface area contributed by atoms with Crippen LogP contribution < -0.4 is 5.11 Å². The van der Waals surface area contributed by atoms with Gasteiger partial charge in [-0.1, -0.05) is 26.7 Å². The fourth-order valence-corrected chi connectivity index (χ4v) is 1.91. The van der Waals surface area contributed by atoms with Crippen molar-refractivity contribution in [1.29, 1.82) is 0 Å². The molecule has 0 saturated heterocycles. The Labute approximate surface area is 152 Å². The highest BCUT2D eigenvalue weighted by Gasteiger charge is 2.32. The van der Waals surface area contributed by atoms with Crippen molar-refractivity contribution in [2.45, 2.75) is 43.8 Å². The van der Waals surface area contributed by atoms with Crippen LogP contribution in [0.25, 0.3) is 0 Å². The molecule has 0 spiro atoms. The number of aliphatic carboxylic acids is 2. The molecule has 0 saturated carbocycles. The molecule has 13 heteroatoms. The van der Waals surface area contributed by atoms with Gasteiger partial charge in [-0.15, -0.1) is 0 Å². The summed E-state index contributed by atoms with van der Waals surface area (Å²) in [5.74, 6) is -4.25. The SMILES string of the molecule is CCCC.O=C([O-])C(N=Nc1cc(C(F)(F)F)ccc1S(=O)(=O)O)C(=O)O. The van der Waals surface area contributed by atoms with E-state index in [-0.39, 0.29) is 6.07 Å². The van der Waals surface area contributed by atoms with Crippen molar-refractivity contribution in [2.75, 3.05) is 0 Å². The molecule has 1 unspecified atom stereocenters. The Morgan fingerprint density at radius 2 is 1.74 bits per heavy atom. The summed E-state index contributed by atoms with van der Waals surface area (Å²) in [6.45, 7) is 4.36. The molecule has 0 aromatic heterocycles. The Balaban J connectivity index is 0.00000153. The summed E-state index contributed by atoms with van der Waals surface area (Å²) < 4.78 is 68.7. The molecule has 1 aromatic carbocycles. The van der Waals surface area contributed by atoms with E-state index in [1.54, 1.807) is 0 Å². The van der Waals surface area contributed by atoms with Gasteiger partial charge in [-0.25, -0.2) is 4.79 Å². The molecule has 152 valence electrons. The van der Waals surface area contributed by atoms with Crippen molar-refractivity contribution in [3.05, 3.63) is 23.8 Å². The lowest BCUT2D eigenvalue weighted by Gasteiger charge is -2.10. The molecule has 1 rings (SSSR count). The van der Waals surface area contributed by atoms with E-state index in [0.29, 0.717) is 12.1 Å². The van der Waals surface area contributed by atoms with Crippen LogP contribution in [0.1, 0.15) is 32.3 Å². The van der Waals surface area contributed by atoms with E-state index in [1.165, 1.54) is 12.8 Å². The van der Waals surface area contributed by atoms with Crippen molar-refractivity contribution < 1.29 is 45.9 Å². The molecule has 0 aliphatic carbocycles. The van der Waals surface area contributed by atoms with Crippen molar-refractivity contribution >= 4 is 27.7 Å². The average molecular weight is 413 g/mol. The molecule has 0 amide bonds. The second-order valence-electron chi connectivity index (χ2n) is 4.93. The second-order valence-corrected chi connectivity index (χ2v) is 6.32. The van der Waals surface area contributed by atoms with Gasteiger partial charge in [0.25, 0.3) is 10.1 Å². The van der Waals surface area contributed by atoms with Crippen LogP contribution in [0.5, 0.6) is 0 Å². The summed E-state index contributed by atoms with van der Waals surface area (Å²) in [5.41, 5.74) is -2.46. The third-order valence-corrected chi connectivity index (χ3v) is 3.70.